The first kappa shape index (κ1) is 7.82. The molecule has 1 rings (SSSR count). The molecule has 1 aromatic rings. The number of nitrogens with one attached hydrogen (secondary N) is 1. The molecule has 58 valence electrons. The van der Waals surface area contributed by atoms with E-state index in [1.54, 1.807) is 6.08 Å². The molecule has 3 N–H and O–H groups in total. The lowest BCUT2D eigenvalue weighted by Crippen LogP contribution is -2.08. The van der Waals surface area contributed by atoms with E-state index in [1.165, 1.54) is 5.56 Å². The second-order valence-corrected chi connectivity index (χ2v) is 2.38. The largest absolute Gasteiger partial charge is 0.324 e. The van der Waals surface area contributed by atoms with Gasteiger partial charge in [-0.2, -0.15) is 0 Å². The van der Waals surface area contributed by atoms with Crippen LogP contribution in [0.2, 0.25) is 0 Å². The smallest absolute Gasteiger partial charge is 0.0559 e. The van der Waals surface area contributed by atoms with E-state index in [0.717, 1.165) is 11.3 Å². The van der Waals surface area contributed by atoms with Gasteiger partial charge in [0.25, 0.3) is 0 Å². The fourth-order valence-corrected chi connectivity index (χ4v) is 1.08. The average Bonchev–Trinajstić information content (AvgIpc) is 2.04. The van der Waals surface area contributed by atoms with Crippen LogP contribution in [-0.2, 0) is 0 Å². The predicted octanol–water partition coefficient (Wildman–Crippen LogP) is 1.92. The van der Waals surface area contributed by atoms with Gasteiger partial charge in [0, 0.05) is 5.56 Å². The molecule has 1 aromatic carbocycles. The van der Waals surface area contributed by atoms with E-state index in [0.29, 0.717) is 0 Å². The third-order valence-corrected chi connectivity index (χ3v) is 1.68. The Bertz CT molecular complexity index is 266. The van der Waals surface area contributed by atoms with Gasteiger partial charge in [0.15, 0.2) is 0 Å². The number of hydrogen-bond donors (Lipinski definition) is 2. The minimum absolute atomic E-state index is 0.917. The Kier molecular flexibility index (Phi) is 2.28. The summed E-state index contributed by atoms with van der Waals surface area (Å²) in [6.45, 7) is 5.73. The second-order valence-electron chi connectivity index (χ2n) is 2.38. The number of nitrogen functional groups attached to an aromatic ring is 1. The van der Waals surface area contributed by atoms with E-state index in [9.17, 15) is 0 Å². The van der Waals surface area contributed by atoms with Crippen LogP contribution in [0.4, 0.5) is 5.69 Å². The number of hydrogen-bond acceptors (Lipinski definition) is 2. The standard InChI is InChI=1S/C9H12N2/c1-3-8-7(2)5-4-6-9(8)11-10/h3-6,11H,1,10H2,2H3. The average molecular weight is 148 g/mol. The summed E-state index contributed by atoms with van der Waals surface area (Å²) in [6, 6.07) is 5.90. The van der Waals surface area contributed by atoms with E-state index in [1.807, 2.05) is 25.1 Å². The fourth-order valence-electron chi connectivity index (χ4n) is 1.08. The Labute approximate surface area is 66.7 Å². The molecule has 2 heteroatoms. The van der Waals surface area contributed by atoms with Crippen molar-refractivity contribution in [2.75, 3.05) is 5.43 Å². The Balaban J connectivity index is 3.24. The van der Waals surface area contributed by atoms with Crippen molar-refractivity contribution >= 4 is 11.8 Å². The van der Waals surface area contributed by atoms with Gasteiger partial charge >= 0.3 is 0 Å². The van der Waals surface area contributed by atoms with Gasteiger partial charge in [-0.1, -0.05) is 24.8 Å². The molecule has 0 aliphatic carbocycles. The van der Waals surface area contributed by atoms with Crippen molar-refractivity contribution in [2.45, 2.75) is 6.92 Å². The molecular weight excluding hydrogens is 136 g/mol. The zero-order chi connectivity index (χ0) is 8.27. The topological polar surface area (TPSA) is 38.0 Å². The number of aryl methyl sites for hydroxylation is 1. The van der Waals surface area contributed by atoms with Crippen molar-refractivity contribution in [3.05, 3.63) is 35.9 Å². The quantitative estimate of drug-likeness (QED) is 0.496. The number of anilines is 1. The van der Waals surface area contributed by atoms with E-state index in [-0.39, 0.29) is 0 Å². The Morgan fingerprint density at radius 3 is 2.73 bits per heavy atom. The van der Waals surface area contributed by atoms with Gasteiger partial charge in [-0.25, -0.2) is 0 Å². The molecule has 0 saturated heterocycles. The molecule has 0 saturated carbocycles. The minimum Gasteiger partial charge on any atom is -0.324 e. The molecular formula is C9H12N2. The van der Waals surface area contributed by atoms with Gasteiger partial charge in [-0.05, 0) is 18.6 Å². The monoisotopic (exact) mass is 148 g/mol. The van der Waals surface area contributed by atoms with Crippen LogP contribution in [-0.4, -0.2) is 0 Å². The Hall–Kier alpha value is -1.28. The third kappa shape index (κ3) is 1.41. The molecule has 0 unspecified atom stereocenters. The molecule has 0 aliphatic rings. The van der Waals surface area contributed by atoms with Crippen molar-refractivity contribution < 1.29 is 0 Å². The highest BCUT2D eigenvalue weighted by molar-refractivity contribution is 5.67. The molecule has 0 bridgehead atoms. The van der Waals surface area contributed by atoms with E-state index >= 15 is 0 Å². The molecule has 0 amide bonds. The van der Waals surface area contributed by atoms with E-state index in [4.69, 9.17) is 5.84 Å². The first-order valence-corrected chi connectivity index (χ1v) is 3.48. The third-order valence-electron chi connectivity index (χ3n) is 1.68. The van der Waals surface area contributed by atoms with Crippen molar-refractivity contribution in [1.82, 2.24) is 0 Å². The summed E-state index contributed by atoms with van der Waals surface area (Å²) in [4.78, 5) is 0. The predicted molar refractivity (Wildman–Crippen MR) is 49.1 cm³/mol. The summed E-state index contributed by atoms with van der Waals surface area (Å²) in [5.41, 5.74) is 5.77. The van der Waals surface area contributed by atoms with Gasteiger partial charge in [0.2, 0.25) is 0 Å². The molecule has 0 heterocycles. The first-order chi connectivity index (χ1) is 5.29. The highest BCUT2D eigenvalue weighted by atomic mass is 15.2. The van der Waals surface area contributed by atoms with Gasteiger partial charge in [-0.15, -0.1) is 0 Å². The summed E-state index contributed by atoms with van der Waals surface area (Å²) in [7, 11) is 0. The number of hydrazine groups is 1. The van der Waals surface area contributed by atoms with Crippen LogP contribution in [0.5, 0.6) is 0 Å². The van der Waals surface area contributed by atoms with E-state index < -0.39 is 0 Å². The van der Waals surface area contributed by atoms with Crippen molar-refractivity contribution in [3.63, 3.8) is 0 Å². The second kappa shape index (κ2) is 3.21. The lowest BCUT2D eigenvalue weighted by Gasteiger charge is -2.06. The molecule has 0 aromatic heterocycles. The summed E-state index contributed by atoms with van der Waals surface area (Å²) in [5.74, 6) is 5.30. The maximum Gasteiger partial charge on any atom is 0.0559 e. The van der Waals surface area contributed by atoms with Gasteiger partial charge in [0.1, 0.15) is 0 Å². The minimum atomic E-state index is 0.917. The highest BCUT2D eigenvalue weighted by Crippen LogP contribution is 2.18. The van der Waals surface area contributed by atoms with Crippen molar-refractivity contribution in [1.29, 1.82) is 0 Å². The van der Waals surface area contributed by atoms with Crippen LogP contribution in [0, 0.1) is 6.92 Å². The van der Waals surface area contributed by atoms with Crippen LogP contribution in [0.25, 0.3) is 6.08 Å². The molecule has 0 radical (unpaired) electrons. The van der Waals surface area contributed by atoms with Crippen molar-refractivity contribution in [2.24, 2.45) is 5.84 Å². The summed E-state index contributed by atoms with van der Waals surface area (Å²) in [6.07, 6.45) is 1.80. The summed E-state index contributed by atoms with van der Waals surface area (Å²) < 4.78 is 0. The van der Waals surface area contributed by atoms with Crippen LogP contribution in [0.15, 0.2) is 24.8 Å². The maximum absolute atomic E-state index is 5.30. The van der Waals surface area contributed by atoms with Gasteiger partial charge in [0.05, 0.1) is 5.69 Å². The van der Waals surface area contributed by atoms with Crippen LogP contribution in [0.3, 0.4) is 0 Å². The van der Waals surface area contributed by atoms with Gasteiger partial charge in [-0.3, -0.25) is 5.84 Å². The number of nitrogens with two attached hydrogens (primary N) is 1. The van der Waals surface area contributed by atoms with Gasteiger partial charge < -0.3 is 5.43 Å². The first-order valence-electron chi connectivity index (χ1n) is 3.48. The normalized spacial score (nSPS) is 9.27. The van der Waals surface area contributed by atoms with Crippen LogP contribution >= 0.6 is 0 Å². The zero-order valence-corrected chi connectivity index (χ0v) is 6.59. The maximum atomic E-state index is 5.30. The summed E-state index contributed by atoms with van der Waals surface area (Å²) >= 11 is 0. The highest BCUT2D eigenvalue weighted by Gasteiger charge is 1.98. The SMILES string of the molecule is C=Cc1c(C)cccc1NN. The summed E-state index contributed by atoms with van der Waals surface area (Å²) in [5, 5.41) is 0. The number of rotatable bonds is 2. The van der Waals surface area contributed by atoms with E-state index in [2.05, 4.69) is 12.0 Å². The molecule has 0 fully saturated rings. The van der Waals surface area contributed by atoms with Crippen molar-refractivity contribution in [3.8, 4) is 0 Å². The zero-order valence-electron chi connectivity index (χ0n) is 6.59. The van der Waals surface area contributed by atoms with Crippen LogP contribution < -0.4 is 11.3 Å². The lowest BCUT2D eigenvalue weighted by atomic mass is 10.1. The Morgan fingerprint density at radius 1 is 1.55 bits per heavy atom. The molecule has 0 atom stereocenters. The Morgan fingerprint density at radius 2 is 2.27 bits per heavy atom. The molecule has 11 heavy (non-hydrogen) atoms. The molecule has 2 nitrogen and oxygen atoms in total. The lowest BCUT2D eigenvalue weighted by molar-refractivity contribution is 1.32. The molecule has 0 spiro atoms. The number of benzene rings is 1. The molecule has 0 aliphatic heterocycles. The fraction of sp³-hybridized carbons (Fsp3) is 0.111. The van der Waals surface area contributed by atoms with Crippen LogP contribution in [0.1, 0.15) is 11.1 Å².